The van der Waals surface area contributed by atoms with E-state index in [1.807, 2.05) is 14.0 Å². The third kappa shape index (κ3) is 2.72. The summed E-state index contributed by atoms with van der Waals surface area (Å²) in [5, 5.41) is 25.1. The van der Waals surface area contributed by atoms with Gasteiger partial charge in [0.05, 0.1) is 37.6 Å². The first kappa shape index (κ1) is 13.0. The van der Waals surface area contributed by atoms with Crippen molar-refractivity contribution in [1.29, 1.82) is 0 Å². The standard InChI is InChI=1S/C10H19N3O3/c1-7-9(4-11-8(5-14)6-15)10(16-3)13(2)12-7/h8,11,14-15H,4-6H2,1-3H3. The molecule has 16 heavy (non-hydrogen) atoms. The zero-order chi connectivity index (χ0) is 12.1. The molecule has 92 valence electrons. The van der Waals surface area contributed by atoms with Crippen LogP contribution in [-0.4, -0.2) is 46.4 Å². The van der Waals surface area contributed by atoms with E-state index in [2.05, 4.69) is 10.4 Å². The van der Waals surface area contributed by atoms with E-state index in [1.54, 1.807) is 11.8 Å². The molecule has 0 amide bonds. The van der Waals surface area contributed by atoms with Gasteiger partial charge in [-0.2, -0.15) is 5.10 Å². The fourth-order valence-electron chi connectivity index (χ4n) is 1.57. The van der Waals surface area contributed by atoms with Crippen molar-refractivity contribution in [3.05, 3.63) is 11.3 Å². The summed E-state index contributed by atoms with van der Waals surface area (Å²) in [6.45, 7) is 2.21. The Bertz CT molecular complexity index is 334. The molecule has 0 saturated carbocycles. The summed E-state index contributed by atoms with van der Waals surface area (Å²) >= 11 is 0. The monoisotopic (exact) mass is 229 g/mol. The van der Waals surface area contributed by atoms with Gasteiger partial charge in [-0.3, -0.25) is 0 Å². The third-order valence-electron chi connectivity index (χ3n) is 2.49. The van der Waals surface area contributed by atoms with Crippen molar-refractivity contribution in [3.8, 4) is 5.88 Å². The molecular formula is C10H19N3O3. The van der Waals surface area contributed by atoms with Crippen molar-refractivity contribution in [2.24, 2.45) is 7.05 Å². The van der Waals surface area contributed by atoms with Crippen molar-refractivity contribution >= 4 is 0 Å². The third-order valence-corrected chi connectivity index (χ3v) is 2.49. The van der Waals surface area contributed by atoms with Gasteiger partial charge in [0.15, 0.2) is 0 Å². The highest BCUT2D eigenvalue weighted by Gasteiger charge is 2.14. The van der Waals surface area contributed by atoms with Crippen LogP contribution in [0.1, 0.15) is 11.3 Å². The van der Waals surface area contributed by atoms with Crippen LogP contribution in [0.25, 0.3) is 0 Å². The Balaban J connectivity index is 2.72. The predicted octanol–water partition coefficient (Wildman–Crippen LogP) is -0.820. The van der Waals surface area contributed by atoms with Crippen LogP contribution in [0.5, 0.6) is 5.88 Å². The highest BCUT2D eigenvalue weighted by atomic mass is 16.5. The minimum atomic E-state index is -0.315. The molecule has 1 rings (SSSR count). The fraction of sp³-hybridized carbons (Fsp3) is 0.700. The Morgan fingerprint density at radius 3 is 2.56 bits per heavy atom. The van der Waals surface area contributed by atoms with Crippen molar-refractivity contribution in [1.82, 2.24) is 15.1 Å². The molecule has 6 nitrogen and oxygen atoms in total. The molecule has 1 aromatic rings. The van der Waals surface area contributed by atoms with Gasteiger partial charge in [-0.05, 0) is 6.92 Å². The fourth-order valence-corrected chi connectivity index (χ4v) is 1.57. The van der Waals surface area contributed by atoms with Crippen molar-refractivity contribution < 1.29 is 14.9 Å². The van der Waals surface area contributed by atoms with Crippen LogP contribution in [0.2, 0.25) is 0 Å². The number of hydrogen-bond acceptors (Lipinski definition) is 5. The average Bonchev–Trinajstić information content (AvgIpc) is 2.54. The van der Waals surface area contributed by atoms with Gasteiger partial charge < -0.3 is 20.3 Å². The zero-order valence-corrected chi connectivity index (χ0v) is 9.90. The van der Waals surface area contributed by atoms with E-state index in [-0.39, 0.29) is 19.3 Å². The number of nitrogens with one attached hydrogen (secondary N) is 1. The van der Waals surface area contributed by atoms with E-state index in [0.717, 1.165) is 11.3 Å². The molecule has 0 spiro atoms. The van der Waals surface area contributed by atoms with Crippen molar-refractivity contribution in [2.45, 2.75) is 19.5 Å². The van der Waals surface area contributed by atoms with E-state index in [4.69, 9.17) is 14.9 Å². The Morgan fingerprint density at radius 1 is 1.44 bits per heavy atom. The number of aliphatic hydroxyl groups is 2. The van der Waals surface area contributed by atoms with Crippen LogP contribution < -0.4 is 10.1 Å². The maximum absolute atomic E-state index is 8.93. The normalized spacial score (nSPS) is 11.1. The number of hydrogen-bond donors (Lipinski definition) is 3. The molecule has 1 aromatic heterocycles. The molecule has 0 aliphatic carbocycles. The predicted molar refractivity (Wildman–Crippen MR) is 59.3 cm³/mol. The number of aryl methyl sites for hydroxylation is 2. The summed E-state index contributed by atoms with van der Waals surface area (Å²) < 4.78 is 6.90. The summed E-state index contributed by atoms with van der Waals surface area (Å²) in [4.78, 5) is 0. The second-order valence-electron chi connectivity index (χ2n) is 3.64. The number of aliphatic hydroxyl groups excluding tert-OH is 2. The average molecular weight is 229 g/mol. The molecule has 0 atom stereocenters. The van der Waals surface area contributed by atoms with Crippen molar-refractivity contribution in [3.63, 3.8) is 0 Å². The first-order chi connectivity index (χ1) is 7.63. The zero-order valence-electron chi connectivity index (χ0n) is 9.90. The summed E-state index contributed by atoms with van der Waals surface area (Å²) in [5.41, 5.74) is 1.82. The summed E-state index contributed by atoms with van der Waals surface area (Å²) in [7, 11) is 3.40. The highest BCUT2D eigenvalue weighted by Crippen LogP contribution is 2.20. The maximum atomic E-state index is 8.93. The van der Waals surface area contributed by atoms with Crippen molar-refractivity contribution in [2.75, 3.05) is 20.3 Å². The molecular weight excluding hydrogens is 210 g/mol. The number of aromatic nitrogens is 2. The molecule has 0 aromatic carbocycles. The highest BCUT2D eigenvalue weighted by molar-refractivity contribution is 5.30. The minimum Gasteiger partial charge on any atom is -0.481 e. The first-order valence-corrected chi connectivity index (χ1v) is 5.15. The van der Waals surface area contributed by atoms with E-state index < -0.39 is 0 Å². The van der Waals surface area contributed by atoms with Gasteiger partial charge in [0.25, 0.3) is 0 Å². The molecule has 0 radical (unpaired) electrons. The van der Waals surface area contributed by atoms with Crippen LogP contribution >= 0.6 is 0 Å². The molecule has 1 heterocycles. The molecule has 3 N–H and O–H groups in total. The van der Waals surface area contributed by atoms with Crippen LogP contribution in [0.4, 0.5) is 0 Å². The molecule has 6 heteroatoms. The quantitative estimate of drug-likeness (QED) is 0.594. The number of rotatable bonds is 6. The van der Waals surface area contributed by atoms with Gasteiger partial charge in [-0.15, -0.1) is 0 Å². The lowest BCUT2D eigenvalue weighted by Gasteiger charge is -2.13. The van der Waals surface area contributed by atoms with Crippen LogP contribution in [-0.2, 0) is 13.6 Å². The lowest BCUT2D eigenvalue weighted by molar-refractivity contribution is 0.170. The van der Waals surface area contributed by atoms with Gasteiger partial charge in [-0.1, -0.05) is 0 Å². The second-order valence-corrected chi connectivity index (χ2v) is 3.64. The smallest absolute Gasteiger partial charge is 0.216 e. The lowest BCUT2D eigenvalue weighted by atomic mass is 10.2. The Morgan fingerprint density at radius 2 is 2.06 bits per heavy atom. The van der Waals surface area contributed by atoms with Gasteiger partial charge in [0.1, 0.15) is 0 Å². The topological polar surface area (TPSA) is 79.5 Å². The van der Waals surface area contributed by atoms with Gasteiger partial charge >= 0.3 is 0 Å². The minimum absolute atomic E-state index is 0.0991. The summed E-state index contributed by atoms with van der Waals surface area (Å²) in [6, 6.07) is -0.315. The molecule has 0 saturated heterocycles. The van der Waals surface area contributed by atoms with Crippen LogP contribution in [0.15, 0.2) is 0 Å². The molecule has 0 aliphatic heterocycles. The summed E-state index contributed by atoms with van der Waals surface area (Å²) in [6.07, 6.45) is 0. The Kier molecular flexibility index (Phi) is 4.72. The van der Waals surface area contributed by atoms with Crippen LogP contribution in [0, 0.1) is 6.92 Å². The van der Waals surface area contributed by atoms with Gasteiger partial charge in [0.2, 0.25) is 5.88 Å². The van der Waals surface area contributed by atoms with E-state index in [9.17, 15) is 0 Å². The Labute approximate surface area is 94.8 Å². The molecule has 0 unspecified atom stereocenters. The molecule has 0 aliphatic rings. The SMILES string of the molecule is COc1c(CNC(CO)CO)c(C)nn1C. The van der Waals surface area contributed by atoms with E-state index >= 15 is 0 Å². The van der Waals surface area contributed by atoms with Crippen LogP contribution in [0.3, 0.4) is 0 Å². The maximum Gasteiger partial charge on any atom is 0.216 e. The van der Waals surface area contributed by atoms with Gasteiger partial charge in [0, 0.05) is 13.6 Å². The lowest BCUT2D eigenvalue weighted by Crippen LogP contribution is -2.35. The summed E-state index contributed by atoms with van der Waals surface area (Å²) in [5.74, 6) is 0.694. The largest absolute Gasteiger partial charge is 0.481 e. The molecule has 0 fully saturated rings. The number of methoxy groups -OCH3 is 1. The number of nitrogens with zero attached hydrogens (tertiary/aromatic N) is 2. The molecule has 0 bridgehead atoms. The number of ether oxygens (including phenoxy) is 1. The van der Waals surface area contributed by atoms with Gasteiger partial charge in [-0.25, -0.2) is 4.68 Å². The first-order valence-electron chi connectivity index (χ1n) is 5.15. The second kappa shape index (κ2) is 5.83. The van der Waals surface area contributed by atoms with E-state index in [1.165, 1.54) is 0 Å². The Hall–Kier alpha value is -1.11. The van der Waals surface area contributed by atoms with E-state index in [0.29, 0.717) is 12.4 Å².